The highest BCUT2D eigenvalue weighted by atomic mass is 16.3. The normalized spacial score (nSPS) is 25.5. The average Bonchev–Trinajstić information content (AvgIpc) is 2.83. The summed E-state index contributed by atoms with van der Waals surface area (Å²) in [6.45, 7) is 6.86. The van der Waals surface area contributed by atoms with Gasteiger partial charge in [0.1, 0.15) is 0 Å². The Morgan fingerprint density at radius 3 is 2.47 bits per heavy atom. The van der Waals surface area contributed by atoms with Gasteiger partial charge in [-0.05, 0) is 62.4 Å². The summed E-state index contributed by atoms with van der Waals surface area (Å²) in [5.41, 5.74) is 2.69. The molecule has 0 unspecified atom stereocenters. The predicted molar refractivity (Wildman–Crippen MR) is 131 cm³/mol. The van der Waals surface area contributed by atoms with E-state index in [0.29, 0.717) is 13.0 Å². The van der Waals surface area contributed by atoms with Crippen LogP contribution >= 0.6 is 0 Å². The number of anilines is 1. The first-order chi connectivity index (χ1) is 15.6. The number of hydrogen-bond donors (Lipinski definition) is 1. The molecule has 2 aromatic rings. The first-order valence-electron chi connectivity index (χ1n) is 12.2. The van der Waals surface area contributed by atoms with Gasteiger partial charge >= 0.3 is 0 Å². The Bertz CT molecular complexity index is 920. The van der Waals surface area contributed by atoms with Crippen molar-refractivity contribution in [3.8, 4) is 0 Å². The summed E-state index contributed by atoms with van der Waals surface area (Å²) in [6, 6.07) is 18.5. The highest BCUT2D eigenvalue weighted by Crippen LogP contribution is 2.49. The lowest BCUT2D eigenvalue weighted by Gasteiger charge is -2.52. The second-order valence-corrected chi connectivity index (χ2v) is 9.19. The maximum Gasteiger partial charge on any atom is 0.247 e. The van der Waals surface area contributed by atoms with Crippen LogP contribution < -0.4 is 4.90 Å². The lowest BCUT2D eigenvalue weighted by atomic mass is 9.66. The molecule has 4 heteroatoms. The second kappa shape index (κ2) is 9.91. The SMILES string of the molecule is CCN(CC)c1ccc([C@H]2[C@@H]3CCCC[C@]3(O)CCN2C(=O)/C=C/c2ccccc2)cc1. The minimum atomic E-state index is -0.666. The minimum Gasteiger partial charge on any atom is -0.389 e. The average molecular weight is 433 g/mol. The van der Waals surface area contributed by atoms with Crippen molar-refractivity contribution in [3.63, 3.8) is 0 Å². The molecular weight excluding hydrogens is 396 g/mol. The molecule has 1 saturated carbocycles. The number of piperidine rings is 1. The van der Waals surface area contributed by atoms with E-state index >= 15 is 0 Å². The van der Waals surface area contributed by atoms with Gasteiger partial charge in [0.2, 0.25) is 5.91 Å². The van der Waals surface area contributed by atoms with Gasteiger partial charge < -0.3 is 14.9 Å². The van der Waals surface area contributed by atoms with Gasteiger partial charge in [-0.3, -0.25) is 4.79 Å². The maximum atomic E-state index is 13.4. The smallest absolute Gasteiger partial charge is 0.247 e. The van der Waals surface area contributed by atoms with Gasteiger partial charge in [0.25, 0.3) is 0 Å². The third-order valence-corrected chi connectivity index (χ3v) is 7.43. The third-order valence-electron chi connectivity index (χ3n) is 7.43. The van der Waals surface area contributed by atoms with Crippen molar-refractivity contribution in [1.82, 2.24) is 4.90 Å². The first-order valence-corrected chi connectivity index (χ1v) is 12.2. The molecule has 2 aliphatic rings. The molecular formula is C28H36N2O2. The van der Waals surface area contributed by atoms with Crippen LogP contribution in [0.5, 0.6) is 0 Å². The van der Waals surface area contributed by atoms with E-state index < -0.39 is 5.60 Å². The van der Waals surface area contributed by atoms with Gasteiger partial charge in [-0.1, -0.05) is 55.3 Å². The van der Waals surface area contributed by atoms with Crippen LogP contribution in [0.3, 0.4) is 0 Å². The fourth-order valence-corrected chi connectivity index (χ4v) is 5.64. The molecule has 2 fully saturated rings. The van der Waals surface area contributed by atoms with Gasteiger partial charge in [0, 0.05) is 37.3 Å². The summed E-state index contributed by atoms with van der Waals surface area (Å²) in [6.07, 6.45) is 8.24. The predicted octanol–water partition coefficient (Wildman–Crippen LogP) is 5.44. The Labute approximate surface area is 192 Å². The number of amides is 1. The van der Waals surface area contributed by atoms with Gasteiger partial charge in [0.05, 0.1) is 11.6 Å². The molecule has 0 aromatic heterocycles. The summed E-state index contributed by atoms with van der Waals surface area (Å²) in [7, 11) is 0. The zero-order chi connectivity index (χ0) is 22.6. The van der Waals surface area contributed by atoms with E-state index in [9.17, 15) is 9.90 Å². The lowest BCUT2D eigenvalue weighted by molar-refractivity contribution is -0.150. The number of carbonyl (C=O) groups is 1. The summed E-state index contributed by atoms with van der Waals surface area (Å²) in [5, 5.41) is 11.5. The quantitative estimate of drug-likeness (QED) is 0.618. The van der Waals surface area contributed by atoms with Crippen molar-refractivity contribution in [1.29, 1.82) is 0 Å². The van der Waals surface area contributed by atoms with E-state index in [1.165, 1.54) is 5.69 Å². The summed E-state index contributed by atoms with van der Waals surface area (Å²) in [5.74, 6) is 0.109. The van der Waals surface area contributed by atoms with Crippen LogP contribution in [0.4, 0.5) is 5.69 Å². The standard InChI is InChI=1S/C28H36N2O2/c1-3-29(4-2)24-16-14-23(15-17-24)27-25-12-8-9-19-28(25,32)20-21-30(27)26(31)18-13-22-10-6-5-7-11-22/h5-7,10-11,13-18,25,27,32H,3-4,8-9,12,19-21H2,1-2H3/b18-13+/t25-,27-,28-/m0/s1. The van der Waals surface area contributed by atoms with E-state index in [4.69, 9.17) is 0 Å². The molecule has 1 amide bonds. The van der Waals surface area contributed by atoms with Crippen LogP contribution in [0.25, 0.3) is 6.08 Å². The van der Waals surface area contributed by atoms with Gasteiger partial charge in [-0.2, -0.15) is 0 Å². The molecule has 1 saturated heterocycles. The second-order valence-electron chi connectivity index (χ2n) is 9.19. The Morgan fingerprint density at radius 2 is 1.78 bits per heavy atom. The molecule has 0 bridgehead atoms. The zero-order valence-electron chi connectivity index (χ0n) is 19.4. The Kier molecular flexibility index (Phi) is 7.00. The molecule has 3 atom stereocenters. The maximum absolute atomic E-state index is 13.4. The molecule has 0 spiro atoms. The van der Waals surface area contributed by atoms with Crippen LogP contribution in [-0.2, 0) is 4.79 Å². The number of benzene rings is 2. The van der Waals surface area contributed by atoms with Crippen molar-refractivity contribution >= 4 is 17.7 Å². The third kappa shape index (κ3) is 4.61. The van der Waals surface area contributed by atoms with Crippen molar-refractivity contribution < 1.29 is 9.90 Å². The van der Waals surface area contributed by atoms with E-state index in [-0.39, 0.29) is 17.9 Å². The Balaban J connectivity index is 1.64. The highest BCUT2D eigenvalue weighted by molar-refractivity contribution is 5.92. The number of carbonyl (C=O) groups excluding carboxylic acids is 1. The van der Waals surface area contributed by atoms with Crippen LogP contribution in [0.2, 0.25) is 0 Å². The zero-order valence-corrected chi connectivity index (χ0v) is 19.4. The van der Waals surface area contributed by atoms with Crippen molar-refractivity contribution in [2.45, 2.75) is 57.6 Å². The van der Waals surface area contributed by atoms with Crippen molar-refractivity contribution in [2.75, 3.05) is 24.5 Å². The number of likely N-dealkylation sites (tertiary alicyclic amines) is 1. The fraction of sp³-hybridized carbons (Fsp3) is 0.464. The van der Waals surface area contributed by atoms with E-state index in [2.05, 4.69) is 43.0 Å². The minimum absolute atomic E-state index is 0.0271. The van der Waals surface area contributed by atoms with Crippen LogP contribution in [0.1, 0.15) is 63.1 Å². The van der Waals surface area contributed by atoms with E-state index in [0.717, 1.165) is 49.9 Å². The van der Waals surface area contributed by atoms with Gasteiger partial charge in [-0.15, -0.1) is 0 Å². The molecule has 0 radical (unpaired) electrons. The van der Waals surface area contributed by atoms with Gasteiger partial charge in [-0.25, -0.2) is 0 Å². The van der Waals surface area contributed by atoms with Crippen molar-refractivity contribution in [2.24, 2.45) is 5.92 Å². The largest absolute Gasteiger partial charge is 0.389 e. The summed E-state index contributed by atoms with van der Waals surface area (Å²) < 4.78 is 0. The molecule has 170 valence electrons. The molecule has 1 aliphatic carbocycles. The van der Waals surface area contributed by atoms with Crippen LogP contribution in [-0.4, -0.2) is 41.1 Å². The molecule has 1 heterocycles. The molecule has 2 aromatic carbocycles. The molecule has 4 nitrogen and oxygen atoms in total. The molecule has 1 N–H and O–H groups in total. The number of fused-ring (bicyclic) bond motifs is 1. The van der Waals surface area contributed by atoms with Crippen LogP contribution in [0.15, 0.2) is 60.7 Å². The monoisotopic (exact) mass is 432 g/mol. The lowest BCUT2D eigenvalue weighted by Crippen LogP contribution is -2.56. The number of rotatable bonds is 6. The van der Waals surface area contributed by atoms with Crippen LogP contribution in [0, 0.1) is 5.92 Å². The van der Waals surface area contributed by atoms with E-state index in [1.54, 1.807) is 6.08 Å². The van der Waals surface area contributed by atoms with E-state index in [1.807, 2.05) is 41.3 Å². The molecule has 4 rings (SSSR count). The van der Waals surface area contributed by atoms with Crippen molar-refractivity contribution in [3.05, 3.63) is 71.8 Å². The first kappa shape index (κ1) is 22.6. The summed E-state index contributed by atoms with van der Waals surface area (Å²) in [4.78, 5) is 17.7. The molecule has 32 heavy (non-hydrogen) atoms. The topological polar surface area (TPSA) is 43.8 Å². The number of aliphatic hydroxyl groups is 1. The van der Waals surface area contributed by atoms with Gasteiger partial charge in [0.15, 0.2) is 0 Å². The Hall–Kier alpha value is -2.59. The highest BCUT2D eigenvalue weighted by Gasteiger charge is 2.49. The number of hydrogen-bond acceptors (Lipinski definition) is 3. The Morgan fingerprint density at radius 1 is 1.06 bits per heavy atom. The summed E-state index contributed by atoms with van der Waals surface area (Å²) >= 11 is 0. The fourth-order valence-electron chi connectivity index (χ4n) is 5.64. The number of nitrogens with zero attached hydrogens (tertiary/aromatic N) is 2. The molecule has 1 aliphatic heterocycles.